The van der Waals surface area contributed by atoms with E-state index in [0.717, 1.165) is 6.08 Å². The molecule has 1 aromatic rings. The van der Waals surface area contributed by atoms with Crippen LogP contribution in [0.1, 0.15) is 12.8 Å². The molecule has 2 rings (SSSR count). The molecule has 1 saturated heterocycles. The van der Waals surface area contributed by atoms with Crippen molar-refractivity contribution in [3.05, 3.63) is 35.8 Å². The second kappa shape index (κ2) is 9.03. The van der Waals surface area contributed by atoms with Gasteiger partial charge in [0, 0.05) is 24.6 Å². The first-order chi connectivity index (χ1) is 12.0. The summed E-state index contributed by atoms with van der Waals surface area (Å²) in [6.45, 7) is 1.18. The standard InChI is InChI=1S/C17H20FNO6/c1-22-16(20)10-14(17(21)23-2)19-11-3-4-15(13(18)9-11)25-12-5-7-24-8-6-12/h3-4,9-10,12,19H,5-8H2,1-2H3/b14-10+. The maximum atomic E-state index is 14.2. The quantitative estimate of drug-likeness (QED) is 0.619. The SMILES string of the molecule is COC(=O)/C=C(/Nc1ccc(OC2CCOCC2)c(F)c1)C(=O)OC. The summed E-state index contributed by atoms with van der Waals surface area (Å²) < 4.78 is 34.2. The van der Waals surface area contributed by atoms with E-state index in [1.54, 1.807) is 0 Å². The molecule has 8 heteroatoms. The Balaban J connectivity index is 2.10. The van der Waals surface area contributed by atoms with E-state index in [0.29, 0.717) is 26.1 Å². The van der Waals surface area contributed by atoms with E-state index < -0.39 is 17.8 Å². The van der Waals surface area contributed by atoms with Crippen LogP contribution in [0.15, 0.2) is 30.0 Å². The van der Waals surface area contributed by atoms with Crippen LogP contribution in [0, 0.1) is 5.82 Å². The fraction of sp³-hybridized carbons (Fsp3) is 0.412. The van der Waals surface area contributed by atoms with Gasteiger partial charge >= 0.3 is 11.9 Å². The van der Waals surface area contributed by atoms with Crippen LogP contribution in [0.2, 0.25) is 0 Å². The number of carbonyl (C=O) groups is 2. The van der Waals surface area contributed by atoms with Crippen LogP contribution >= 0.6 is 0 Å². The van der Waals surface area contributed by atoms with Gasteiger partial charge in [-0.1, -0.05) is 0 Å². The monoisotopic (exact) mass is 353 g/mol. The number of hydrogen-bond acceptors (Lipinski definition) is 7. The fourth-order valence-electron chi connectivity index (χ4n) is 2.24. The van der Waals surface area contributed by atoms with Gasteiger partial charge in [-0.15, -0.1) is 0 Å². The Kier molecular flexibility index (Phi) is 6.76. The largest absolute Gasteiger partial charge is 0.487 e. The Bertz CT molecular complexity index is 655. The first-order valence-corrected chi connectivity index (χ1v) is 7.72. The summed E-state index contributed by atoms with van der Waals surface area (Å²) in [5, 5.41) is 2.64. The van der Waals surface area contributed by atoms with Crippen molar-refractivity contribution in [3.63, 3.8) is 0 Å². The number of halogens is 1. The summed E-state index contributed by atoms with van der Waals surface area (Å²) >= 11 is 0. The number of benzene rings is 1. The van der Waals surface area contributed by atoms with Gasteiger partial charge in [-0.05, 0) is 12.1 Å². The molecule has 7 nitrogen and oxygen atoms in total. The zero-order valence-corrected chi connectivity index (χ0v) is 14.0. The summed E-state index contributed by atoms with van der Waals surface area (Å²) in [7, 11) is 2.34. The van der Waals surface area contributed by atoms with E-state index in [1.807, 2.05) is 0 Å². The number of nitrogens with one attached hydrogen (secondary N) is 1. The molecule has 25 heavy (non-hydrogen) atoms. The van der Waals surface area contributed by atoms with Crippen molar-refractivity contribution in [2.75, 3.05) is 32.8 Å². The number of methoxy groups -OCH3 is 2. The summed E-state index contributed by atoms with van der Waals surface area (Å²) in [4.78, 5) is 23.0. The molecule has 1 aliphatic rings. The van der Waals surface area contributed by atoms with Gasteiger partial charge in [0.15, 0.2) is 11.6 Å². The Morgan fingerprint density at radius 1 is 1.24 bits per heavy atom. The molecule has 0 unspecified atom stereocenters. The summed E-state index contributed by atoms with van der Waals surface area (Å²) in [5.74, 6) is -1.99. The molecule has 0 bridgehead atoms. The molecular formula is C17H20FNO6. The average molecular weight is 353 g/mol. The van der Waals surface area contributed by atoms with Crippen LogP contribution in [-0.2, 0) is 23.8 Å². The summed E-state index contributed by atoms with van der Waals surface area (Å²) in [5.41, 5.74) is 0.0872. The molecule has 0 saturated carbocycles. The molecule has 1 fully saturated rings. The lowest BCUT2D eigenvalue weighted by Crippen LogP contribution is -2.26. The van der Waals surface area contributed by atoms with Gasteiger partial charge < -0.3 is 24.3 Å². The molecule has 1 aromatic carbocycles. The minimum atomic E-state index is -0.784. The molecule has 0 radical (unpaired) electrons. The van der Waals surface area contributed by atoms with Crippen LogP contribution in [0.4, 0.5) is 10.1 Å². The Labute approximate surface area is 144 Å². The lowest BCUT2D eigenvalue weighted by Gasteiger charge is -2.23. The second-order valence-electron chi connectivity index (χ2n) is 5.27. The highest BCUT2D eigenvalue weighted by molar-refractivity contribution is 5.98. The predicted molar refractivity (Wildman–Crippen MR) is 86.6 cm³/mol. The van der Waals surface area contributed by atoms with E-state index in [4.69, 9.17) is 9.47 Å². The van der Waals surface area contributed by atoms with Gasteiger partial charge in [0.25, 0.3) is 0 Å². The van der Waals surface area contributed by atoms with Crippen molar-refractivity contribution in [2.24, 2.45) is 0 Å². The third-order valence-corrected chi connectivity index (χ3v) is 3.54. The second-order valence-corrected chi connectivity index (χ2v) is 5.27. The number of hydrogen-bond donors (Lipinski definition) is 1. The maximum absolute atomic E-state index is 14.2. The summed E-state index contributed by atoms with van der Waals surface area (Å²) in [6.07, 6.45) is 2.24. The van der Waals surface area contributed by atoms with Gasteiger partial charge in [-0.2, -0.15) is 0 Å². The maximum Gasteiger partial charge on any atom is 0.354 e. The zero-order valence-electron chi connectivity index (χ0n) is 14.0. The van der Waals surface area contributed by atoms with Crippen molar-refractivity contribution < 1.29 is 32.9 Å². The molecule has 1 aliphatic heterocycles. The number of carbonyl (C=O) groups excluding carboxylic acids is 2. The first-order valence-electron chi connectivity index (χ1n) is 7.72. The Morgan fingerprint density at radius 2 is 1.96 bits per heavy atom. The van der Waals surface area contributed by atoms with Crippen molar-refractivity contribution in [1.82, 2.24) is 0 Å². The Hall–Kier alpha value is -2.61. The molecule has 136 valence electrons. The van der Waals surface area contributed by atoms with Crippen LogP contribution in [0.5, 0.6) is 5.75 Å². The lowest BCUT2D eigenvalue weighted by molar-refractivity contribution is -0.138. The topological polar surface area (TPSA) is 83.1 Å². The van der Waals surface area contributed by atoms with E-state index in [9.17, 15) is 14.0 Å². The molecule has 0 aromatic heterocycles. The van der Waals surface area contributed by atoms with E-state index >= 15 is 0 Å². The van der Waals surface area contributed by atoms with Gasteiger partial charge in [0.1, 0.15) is 11.8 Å². The van der Waals surface area contributed by atoms with Gasteiger partial charge in [0.05, 0.1) is 33.5 Å². The molecule has 0 atom stereocenters. The molecule has 0 spiro atoms. The number of esters is 2. The van der Waals surface area contributed by atoms with Gasteiger partial charge in [-0.25, -0.2) is 14.0 Å². The highest BCUT2D eigenvalue weighted by Gasteiger charge is 2.18. The normalized spacial score (nSPS) is 15.4. The van der Waals surface area contributed by atoms with Gasteiger partial charge in [0.2, 0.25) is 0 Å². The van der Waals surface area contributed by atoms with Crippen molar-refractivity contribution >= 4 is 17.6 Å². The van der Waals surface area contributed by atoms with Crippen molar-refractivity contribution in [3.8, 4) is 5.75 Å². The molecule has 1 N–H and O–H groups in total. The fourth-order valence-corrected chi connectivity index (χ4v) is 2.24. The lowest BCUT2D eigenvalue weighted by atomic mass is 10.1. The molecule has 0 amide bonds. The number of ether oxygens (including phenoxy) is 4. The van der Waals surface area contributed by atoms with Crippen LogP contribution in [0.3, 0.4) is 0 Å². The average Bonchev–Trinajstić information content (AvgIpc) is 2.63. The van der Waals surface area contributed by atoms with Crippen LogP contribution in [0.25, 0.3) is 0 Å². The first kappa shape index (κ1) is 18.7. The van der Waals surface area contributed by atoms with Crippen molar-refractivity contribution in [1.29, 1.82) is 0 Å². The predicted octanol–water partition coefficient (Wildman–Crippen LogP) is 2.03. The minimum absolute atomic E-state index is 0.0908. The van der Waals surface area contributed by atoms with Gasteiger partial charge in [-0.3, -0.25) is 0 Å². The smallest absolute Gasteiger partial charge is 0.354 e. The Morgan fingerprint density at radius 3 is 2.56 bits per heavy atom. The third-order valence-electron chi connectivity index (χ3n) is 3.54. The highest BCUT2D eigenvalue weighted by atomic mass is 19.1. The highest BCUT2D eigenvalue weighted by Crippen LogP contribution is 2.25. The summed E-state index contributed by atoms with van der Waals surface area (Å²) in [6, 6.07) is 4.16. The number of rotatable bonds is 6. The van der Waals surface area contributed by atoms with E-state index in [1.165, 1.54) is 32.4 Å². The van der Waals surface area contributed by atoms with Crippen LogP contribution in [-0.4, -0.2) is 45.5 Å². The van der Waals surface area contributed by atoms with E-state index in [-0.39, 0.29) is 23.2 Å². The zero-order chi connectivity index (χ0) is 18.2. The van der Waals surface area contributed by atoms with E-state index in [2.05, 4.69) is 14.8 Å². The van der Waals surface area contributed by atoms with Crippen molar-refractivity contribution in [2.45, 2.75) is 18.9 Å². The molecule has 1 heterocycles. The number of anilines is 1. The molecular weight excluding hydrogens is 333 g/mol. The third kappa shape index (κ3) is 5.46. The molecule has 0 aliphatic carbocycles. The van der Waals surface area contributed by atoms with Crippen LogP contribution < -0.4 is 10.1 Å². The minimum Gasteiger partial charge on any atom is -0.487 e.